The molecular formula is C19H26N8O2. The zero-order valence-electron chi connectivity index (χ0n) is 16.4. The van der Waals surface area contributed by atoms with E-state index >= 15 is 0 Å². The fourth-order valence-corrected chi connectivity index (χ4v) is 3.19. The number of nitrogens with one attached hydrogen (secondary N) is 4. The number of aryl methyl sites for hydroxylation is 1. The van der Waals surface area contributed by atoms with Gasteiger partial charge in [0.05, 0.1) is 30.3 Å². The highest BCUT2D eigenvalue weighted by Crippen LogP contribution is 2.26. The van der Waals surface area contributed by atoms with Crippen molar-refractivity contribution >= 4 is 23.6 Å². The lowest BCUT2D eigenvalue weighted by Gasteiger charge is -2.32. The molecule has 0 aromatic carbocycles. The highest BCUT2D eigenvalue weighted by molar-refractivity contribution is 6.22. The van der Waals surface area contributed by atoms with Gasteiger partial charge in [-0.15, -0.1) is 0 Å². The van der Waals surface area contributed by atoms with Gasteiger partial charge in [-0.1, -0.05) is 0 Å². The van der Waals surface area contributed by atoms with Gasteiger partial charge in [0.15, 0.2) is 0 Å². The first-order chi connectivity index (χ1) is 14.0. The molecule has 0 saturated carbocycles. The molecule has 29 heavy (non-hydrogen) atoms. The summed E-state index contributed by atoms with van der Waals surface area (Å²) in [6.45, 7) is 4.72. The molecule has 0 spiro atoms. The summed E-state index contributed by atoms with van der Waals surface area (Å²) in [5.41, 5.74) is 11.3. The SMILES string of the molecule is Cc1ncccc1NC(=O)N1CCC(C(=N)/C(C=N)=C/N)=C1NN1CCOCC1. The summed E-state index contributed by atoms with van der Waals surface area (Å²) < 4.78 is 5.38. The van der Waals surface area contributed by atoms with Gasteiger partial charge in [0, 0.05) is 49.4 Å². The van der Waals surface area contributed by atoms with Crippen LogP contribution in [0, 0.1) is 17.7 Å². The van der Waals surface area contributed by atoms with E-state index in [0.717, 1.165) is 11.9 Å². The Kier molecular flexibility index (Phi) is 6.57. The predicted molar refractivity (Wildman–Crippen MR) is 111 cm³/mol. The van der Waals surface area contributed by atoms with E-state index < -0.39 is 0 Å². The molecule has 1 saturated heterocycles. The molecule has 2 aliphatic heterocycles. The van der Waals surface area contributed by atoms with Crippen molar-refractivity contribution in [1.82, 2.24) is 20.3 Å². The van der Waals surface area contributed by atoms with Crippen LogP contribution in [0.4, 0.5) is 10.5 Å². The number of hydrogen-bond donors (Lipinski definition) is 5. The number of allylic oxidation sites excluding steroid dienone is 1. The zero-order chi connectivity index (χ0) is 20.8. The molecule has 1 aromatic heterocycles. The standard InChI is InChI=1S/C19H26N8O2/c1-13-16(3-2-5-23-13)24-19(28)27-6-4-15(17(22)14(11-20)12-21)18(27)25-26-7-9-29-10-8-26/h2-3,5,11-12,20,22,25H,4,6-10,21H2,1H3,(H,24,28)/b14-12+,20-11?,22-17?. The van der Waals surface area contributed by atoms with Gasteiger partial charge in [-0.25, -0.2) is 9.80 Å². The van der Waals surface area contributed by atoms with E-state index in [1.54, 1.807) is 23.2 Å². The molecule has 2 amide bonds. The van der Waals surface area contributed by atoms with E-state index in [9.17, 15) is 4.79 Å². The van der Waals surface area contributed by atoms with Gasteiger partial charge in [-0.2, -0.15) is 0 Å². The number of carbonyl (C=O) groups excluding carboxylic acids is 1. The van der Waals surface area contributed by atoms with Gasteiger partial charge in [0.2, 0.25) is 0 Å². The second-order valence-corrected chi connectivity index (χ2v) is 6.65. The molecule has 1 aromatic rings. The molecule has 154 valence electrons. The molecule has 6 N–H and O–H groups in total. The van der Waals surface area contributed by atoms with Gasteiger partial charge < -0.3 is 26.6 Å². The first-order valence-corrected chi connectivity index (χ1v) is 9.39. The minimum atomic E-state index is -0.312. The summed E-state index contributed by atoms with van der Waals surface area (Å²) >= 11 is 0. The van der Waals surface area contributed by atoms with Crippen LogP contribution in [0.5, 0.6) is 0 Å². The molecule has 2 aliphatic rings. The number of amides is 2. The van der Waals surface area contributed by atoms with E-state index in [2.05, 4.69) is 15.7 Å². The lowest BCUT2D eigenvalue weighted by Crippen LogP contribution is -2.49. The normalized spacial score (nSPS) is 18.0. The van der Waals surface area contributed by atoms with Crippen molar-refractivity contribution in [3.05, 3.63) is 47.2 Å². The average Bonchev–Trinajstić information content (AvgIpc) is 3.15. The number of nitrogens with zero attached hydrogens (tertiary/aromatic N) is 3. The number of urea groups is 1. The Morgan fingerprint density at radius 3 is 2.76 bits per heavy atom. The quantitative estimate of drug-likeness (QED) is 0.455. The Morgan fingerprint density at radius 2 is 2.10 bits per heavy atom. The average molecular weight is 398 g/mol. The molecule has 10 heteroatoms. The summed E-state index contributed by atoms with van der Waals surface area (Å²) in [6, 6.07) is 3.24. The van der Waals surface area contributed by atoms with Crippen molar-refractivity contribution in [2.45, 2.75) is 13.3 Å². The first kappa shape index (κ1) is 20.5. The first-order valence-electron chi connectivity index (χ1n) is 9.39. The Bertz CT molecular complexity index is 858. The van der Waals surface area contributed by atoms with E-state index in [1.807, 2.05) is 11.9 Å². The lowest BCUT2D eigenvalue weighted by atomic mass is 10.0. The number of pyridine rings is 1. The maximum Gasteiger partial charge on any atom is 0.327 e. The smallest absolute Gasteiger partial charge is 0.327 e. The van der Waals surface area contributed by atoms with E-state index in [0.29, 0.717) is 61.9 Å². The van der Waals surface area contributed by atoms with Crippen molar-refractivity contribution in [1.29, 1.82) is 10.8 Å². The topological polar surface area (TPSA) is 143 Å². The maximum absolute atomic E-state index is 13.0. The van der Waals surface area contributed by atoms with Crippen LogP contribution in [0.1, 0.15) is 12.1 Å². The highest BCUT2D eigenvalue weighted by atomic mass is 16.5. The Morgan fingerprint density at radius 1 is 1.34 bits per heavy atom. The van der Waals surface area contributed by atoms with Crippen molar-refractivity contribution < 1.29 is 9.53 Å². The second-order valence-electron chi connectivity index (χ2n) is 6.65. The molecule has 0 unspecified atom stereocenters. The highest BCUT2D eigenvalue weighted by Gasteiger charge is 2.32. The van der Waals surface area contributed by atoms with E-state index in [1.165, 1.54) is 6.20 Å². The summed E-state index contributed by atoms with van der Waals surface area (Å²) in [4.78, 5) is 18.8. The Balaban J connectivity index is 1.88. The van der Waals surface area contributed by atoms with E-state index in [4.69, 9.17) is 21.3 Å². The van der Waals surface area contributed by atoms with Crippen LogP contribution in [0.3, 0.4) is 0 Å². The molecule has 3 heterocycles. The predicted octanol–water partition coefficient (Wildman–Crippen LogP) is 1.19. The fraction of sp³-hybridized carbons (Fsp3) is 0.368. The van der Waals surface area contributed by atoms with Gasteiger partial charge in [-0.05, 0) is 25.5 Å². The van der Waals surface area contributed by atoms with Crippen molar-refractivity contribution in [2.24, 2.45) is 5.73 Å². The van der Waals surface area contributed by atoms with Crippen molar-refractivity contribution in [3.63, 3.8) is 0 Å². The molecule has 0 bridgehead atoms. The fourth-order valence-electron chi connectivity index (χ4n) is 3.19. The molecule has 0 aliphatic carbocycles. The third kappa shape index (κ3) is 4.61. The molecule has 3 rings (SSSR count). The zero-order valence-corrected chi connectivity index (χ0v) is 16.4. The van der Waals surface area contributed by atoms with Crippen LogP contribution in [0.2, 0.25) is 0 Å². The number of anilines is 1. The Hall–Kier alpha value is -3.24. The van der Waals surface area contributed by atoms with Crippen LogP contribution >= 0.6 is 0 Å². The number of nitrogens with two attached hydrogens (primary N) is 1. The maximum atomic E-state index is 13.0. The van der Waals surface area contributed by atoms with Crippen LogP contribution in [0.15, 0.2) is 41.5 Å². The largest absolute Gasteiger partial charge is 0.404 e. The summed E-state index contributed by atoms with van der Waals surface area (Å²) in [6.07, 6.45) is 4.43. The van der Waals surface area contributed by atoms with Gasteiger partial charge in [-0.3, -0.25) is 15.3 Å². The number of hydrazine groups is 1. The third-order valence-electron chi connectivity index (χ3n) is 4.84. The molecular weight excluding hydrogens is 372 g/mol. The van der Waals surface area contributed by atoms with Crippen molar-refractivity contribution in [3.8, 4) is 0 Å². The number of hydrogen-bond acceptors (Lipinski definition) is 8. The van der Waals surface area contributed by atoms with Crippen LogP contribution in [-0.4, -0.2) is 65.7 Å². The number of morpholine rings is 1. The molecule has 1 fully saturated rings. The van der Waals surface area contributed by atoms with Gasteiger partial charge in [0.25, 0.3) is 0 Å². The minimum Gasteiger partial charge on any atom is -0.404 e. The van der Waals surface area contributed by atoms with Crippen LogP contribution in [-0.2, 0) is 4.74 Å². The summed E-state index contributed by atoms with van der Waals surface area (Å²) in [5, 5.41) is 20.8. The summed E-state index contributed by atoms with van der Waals surface area (Å²) in [5.74, 6) is 0.525. The molecule has 0 atom stereocenters. The van der Waals surface area contributed by atoms with Gasteiger partial charge in [0.1, 0.15) is 5.82 Å². The third-order valence-corrected chi connectivity index (χ3v) is 4.84. The summed E-state index contributed by atoms with van der Waals surface area (Å²) in [7, 11) is 0. The number of aromatic nitrogens is 1. The van der Waals surface area contributed by atoms with Gasteiger partial charge >= 0.3 is 6.03 Å². The lowest BCUT2D eigenvalue weighted by molar-refractivity contribution is 0.0148. The monoisotopic (exact) mass is 398 g/mol. The molecule has 0 radical (unpaired) electrons. The second kappa shape index (κ2) is 9.30. The van der Waals surface area contributed by atoms with Crippen molar-refractivity contribution in [2.75, 3.05) is 38.2 Å². The number of ether oxygens (including phenoxy) is 1. The minimum absolute atomic E-state index is 0.131. The number of carbonyl (C=O) groups is 1. The van der Waals surface area contributed by atoms with E-state index in [-0.39, 0.29) is 11.7 Å². The Labute approximate surface area is 169 Å². The number of rotatable bonds is 6. The van der Waals surface area contributed by atoms with Crippen LogP contribution < -0.4 is 16.5 Å². The molecule has 10 nitrogen and oxygen atoms in total. The van der Waals surface area contributed by atoms with Crippen LogP contribution in [0.25, 0.3) is 0 Å².